The van der Waals surface area contributed by atoms with Crippen molar-refractivity contribution in [3.05, 3.63) is 23.8 Å². The lowest BCUT2D eigenvalue weighted by atomic mass is 9.44. The molecule has 0 bridgehead atoms. The standard InChI is InChI=1S/C30H41FN2O15/c1-27-8-7-17(34)11-16(27)5-6-18-19-12-21(35)30(42,28(19,2)13-22(36)29(18,27)31)23(37)15-46-25(40)32-20(24(38)39)14-47-26(41)45-9-3-4-10-48-33(43)44/h7-8,11,18-22,35-36,42-44H,3-6,9-10,12-15H2,1-2H3,(H,32,40)(H,38,39)/t18-,19-,20?,21?,22-,27-,28-,29-,30?/m0/s1. The van der Waals surface area contributed by atoms with Crippen molar-refractivity contribution in [3.63, 3.8) is 0 Å². The number of rotatable bonds is 13. The maximum absolute atomic E-state index is 17.2. The van der Waals surface area contributed by atoms with Crippen LogP contribution in [0.3, 0.4) is 0 Å². The van der Waals surface area contributed by atoms with Gasteiger partial charge >= 0.3 is 18.2 Å². The minimum Gasteiger partial charge on any atom is -0.480 e. The van der Waals surface area contributed by atoms with Crippen LogP contribution in [-0.2, 0) is 33.4 Å². The summed E-state index contributed by atoms with van der Waals surface area (Å²) in [5.41, 5.74) is -7.21. The summed E-state index contributed by atoms with van der Waals surface area (Å²) in [5, 5.41) is 61.8. The molecule has 3 saturated carbocycles. The van der Waals surface area contributed by atoms with Gasteiger partial charge in [0, 0.05) is 16.7 Å². The highest BCUT2D eigenvalue weighted by Crippen LogP contribution is 2.69. The second-order valence-corrected chi connectivity index (χ2v) is 13.0. The molecule has 9 atom stereocenters. The van der Waals surface area contributed by atoms with Crippen molar-refractivity contribution in [2.24, 2.45) is 22.7 Å². The Kier molecular flexibility index (Phi) is 11.0. The summed E-state index contributed by atoms with van der Waals surface area (Å²) < 4.78 is 31.5. The molecule has 7 N–H and O–H groups in total. The molecule has 0 aliphatic heterocycles. The number of hydrogen-bond acceptors (Lipinski definition) is 15. The number of aliphatic hydroxyl groups is 3. The molecule has 4 aliphatic rings. The highest BCUT2D eigenvalue weighted by molar-refractivity contribution is 6.01. The van der Waals surface area contributed by atoms with Gasteiger partial charge in [-0.25, -0.2) is 18.8 Å². The van der Waals surface area contributed by atoms with Crippen molar-refractivity contribution < 1.29 is 78.3 Å². The number of carbonyl (C=O) groups excluding carboxylic acids is 4. The second-order valence-electron chi connectivity index (χ2n) is 13.0. The minimum atomic E-state index is -2.57. The first-order valence-electron chi connectivity index (χ1n) is 15.4. The maximum Gasteiger partial charge on any atom is 0.508 e. The Hall–Kier alpha value is -3.52. The first-order chi connectivity index (χ1) is 22.4. The fraction of sp³-hybridized carbons (Fsp3) is 0.700. The second kappa shape index (κ2) is 14.1. The van der Waals surface area contributed by atoms with E-state index >= 15 is 4.39 Å². The lowest BCUT2D eigenvalue weighted by Crippen LogP contribution is -2.69. The maximum atomic E-state index is 17.2. The zero-order valence-electron chi connectivity index (χ0n) is 26.4. The monoisotopic (exact) mass is 688 g/mol. The number of nitrogens with zero attached hydrogens (tertiary/aromatic N) is 1. The highest BCUT2D eigenvalue weighted by atomic mass is 19.1. The van der Waals surface area contributed by atoms with Crippen molar-refractivity contribution >= 4 is 29.8 Å². The molecule has 0 radical (unpaired) electrons. The number of alkyl halides is 1. The fourth-order valence-electron chi connectivity index (χ4n) is 8.03. The molecular formula is C30H41FN2O15. The molecule has 4 rings (SSSR count). The van der Waals surface area contributed by atoms with Crippen LogP contribution >= 0.6 is 0 Å². The average Bonchev–Trinajstić information content (AvgIpc) is 3.21. The van der Waals surface area contributed by atoms with E-state index in [0.717, 1.165) is 0 Å². The number of carbonyl (C=O) groups is 5. The molecule has 0 heterocycles. The molecule has 0 aromatic carbocycles. The number of hydrogen-bond donors (Lipinski definition) is 7. The van der Waals surface area contributed by atoms with Crippen LogP contribution in [-0.4, -0.2) is 122 Å². The summed E-state index contributed by atoms with van der Waals surface area (Å²) >= 11 is 0. The average molecular weight is 689 g/mol. The summed E-state index contributed by atoms with van der Waals surface area (Å²) in [6, 6.07) is -1.84. The number of nitrogens with one attached hydrogen (secondary N) is 1. The van der Waals surface area contributed by atoms with Crippen LogP contribution in [0.15, 0.2) is 23.8 Å². The Morgan fingerprint density at radius 1 is 1.06 bits per heavy atom. The van der Waals surface area contributed by atoms with Crippen LogP contribution < -0.4 is 5.32 Å². The van der Waals surface area contributed by atoms with E-state index in [9.17, 15) is 44.4 Å². The van der Waals surface area contributed by atoms with E-state index < -0.39 is 101 Å². The smallest absolute Gasteiger partial charge is 0.480 e. The molecule has 0 saturated heterocycles. The van der Waals surface area contributed by atoms with Gasteiger partial charge in [0.05, 0.1) is 30.8 Å². The normalized spacial score (nSPS) is 35.9. The molecular weight excluding hydrogens is 647 g/mol. The Labute approximate surface area is 273 Å². The molecule has 18 heteroatoms. The number of ether oxygens (including phenoxy) is 3. The number of allylic oxidation sites excluding steroid dienone is 4. The van der Waals surface area contributed by atoms with Crippen LogP contribution in [0.5, 0.6) is 0 Å². The quantitative estimate of drug-likeness (QED) is 0.0800. The number of unbranched alkanes of at least 4 members (excludes halogenated alkanes) is 1. The number of aliphatic carboxylic acids is 1. The number of alkyl carbamates (subject to hydrolysis) is 1. The lowest BCUT2D eigenvalue weighted by Gasteiger charge is -2.62. The molecule has 17 nitrogen and oxygen atoms in total. The Bertz CT molecular complexity index is 1360. The van der Waals surface area contributed by atoms with Crippen molar-refractivity contribution in [3.8, 4) is 0 Å². The van der Waals surface area contributed by atoms with Gasteiger partial charge in [-0.3, -0.25) is 24.8 Å². The van der Waals surface area contributed by atoms with E-state index in [0.29, 0.717) is 12.0 Å². The van der Waals surface area contributed by atoms with E-state index in [1.165, 1.54) is 25.2 Å². The van der Waals surface area contributed by atoms with Crippen molar-refractivity contribution in [2.75, 3.05) is 26.4 Å². The Morgan fingerprint density at radius 3 is 2.42 bits per heavy atom. The van der Waals surface area contributed by atoms with E-state index in [2.05, 4.69) is 9.57 Å². The predicted octanol–water partition coefficient (Wildman–Crippen LogP) is 0.753. The molecule has 1 amide bonds. The third kappa shape index (κ3) is 6.57. The first-order valence-corrected chi connectivity index (χ1v) is 15.4. The van der Waals surface area contributed by atoms with Crippen LogP contribution in [0.25, 0.3) is 0 Å². The molecule has 3 unspecified atom stereocenters. The van der Waals surface area contributed by atoms with Crippen LogP contribution in [0.1, 0.15) is 52.4 Å². The molecule has 0 spiro atoms. The number of fused-ring (bicyclic) bond motifs is 5. The molecule has 0 aromatic heterocycles. The van der Waals surface area contributed by atoms with Crippen molar-refractivity contribution in [2.45, 2.75) is 81.9 Å². The van der Waals surface area contributed by atoms with Crippen molar-refractivity contribution in [1.82, 2.24) is 10.7 Å². The van der Waals surface area contributed by atoms with Gasteiger partial charge in [0.25, 0.3) is 0 Å². The molecule has 48 heavy (non-hydrogen) atoms. The van der Waals surface area contributed by atoms with E-state index in [4.69, 9.17) is 19.9 Å². The number of halogens is 1. The summed E-state index contributed by atoms with van der Waals surface area (Å²) in [6.07, 6.45) is -1.70. The summed E-state index contributed by atoms with van der Waals surface area (Å²) in [5.74, 6) is -4.78. The SMILES string of the molecule is C[C@]12C[C@H](O)[C@@]3(F)[C@@H](CCC4=CC(=O)C=C[C@@]43C)[C@@H]1CC(O)C2(O)C(=O)COC(=O)NC(COC(=O)OCCCCON(O)O)C(=O)O. The lowest BCUT2D eigenvalue weighted by molar-refractivity contribution is -0.492. The van der Waals surface area contributed by atoms with E-state index in [-0.39, 0.29) is 44.7 Å². The topological polar surface area (TPSA) is 259 Å². The third-order valence-corrected chi connectivity index (χ3v) is 10.5. The molecule has 4 aliphatic carbocycles. The summed E-state index contributed by atoms with van der Waals surface area (Å²) in [7, 11) is 0. The number of Topliss-reactive ketones (excluding diaryl/α,β-unsaturated/α-hetero) is 1. The van der Waals surface area contributed by atoms with Gasteiger partial charge in [0.15, 0.2) is 29.7 Å². The van der Waals surface area contributed by atoms with Gasteiger partial charge in [0.1, 0.15) is 6.61 Å². The molecule has 3 fully saturated rings. The van der Waals surface area contributed by atoms with Crippen LogP contribution in [0.4, 0.5) is 14.0 Å². The Balaban J connectivity index is 1.35. The molecule has 0 aromatic rings. The number of ketones is 2. The summed E-state index contributed by atoms with van der Waals surface area (Å²) in [6.45, 7) is 0.765. The van der Waals surface area contributed by atoms with Gasteiger partial charge in [-0.15, -0.1) is 0 Å². The third-order valence-electron chi connectivity index (χ3n) is 10.5. The number of carboxylic acid groups (broad SMARTS) is 1. The van der Waals surface area contributed by atoms with Gasteiger partial charge in [-0.2, -0.15) is 0 Å². The van der Waals surface area contributed by atoms with E-state index in [1.54, 1.807) is 6.92 Å². The van der Waals surface area contributed by atoms with Crippen LogP contribution in [0.2, 0.25) is 0 Å². The largest absolute Gasteiger partial charge is 0.508 e. The van der Waals surface area contributed by atoms with E-state index in [1.807, 2.05) is 5.32 Å². The van der Waals surface area contributed by atoms with Crippen molar-refractivity contribution in [1.29, 1.82) is 0 Å². The zero-order valence-corrected chi connectivity index (χ0v) is 26.4. The van der Waals surface area contributed by atoms with Gasteiger partial charge in [0.2, 0.25) is 5.78 Å². The predicted molar refractivity (Wildman–Crippen MR) is 154 cm³/mol. The zero-order chi connectivity index (χ0) is 35.7. The number of aliphatic hydroxyl groups excluding tert-OH is 2. The van der Waals surface area contributed by atoms with Crippen LogP contribution in [0, 0.1) is 22.7 Å². The highest BCUT2D eigenvalue weighted by Gasteiger charge is 2.76. The number of amides is 1. The number of carboxylic acids is 1. The minimum absolute atomic E-state index is 0.0993. The fourth-order valence-corrected chi connectivity index (χ4v) is 8.03. The molecule has 268 valence electrons. The summed E-state index contributed by atoms with van der Waals surface area (Å²) in [4.78, 5) is 65.6. The van der Waals surface area contributed by atoms with Gasteiger partial charge in [-0.05, 0) is 63.5 Å². The first kappa shape index (κ1) is 37.3. The van der Waals surface area contributed by atoms with Gasteiger partial charge in [-0.1, -0.05) is 18.6 Å². The van der Waals surface area contributed by atoms with Gasteiger partial charge < -0.3 is 40.0 Å². The Morgan fingerprint density at radius 2 is 1.75 bits per heavy atom.